The molecule has 25 heavy (non-hydrogen) atoms. The topological polar surface area (TPSA) is 62.0 Å². The number of rotatable bonds is 4. The third kappa shape index (κ3) is 3.97. The number of pyridine rings is 1. The minimum Gasteiger partial charge on any atom is -0.326 e. The summed E-state index contributed by atoms with van der Waals surface area (Å²) in [7, 11) is 0. The van der Waals surface area contributed by atoms with Gasteiger partial charge in [0.25, 0.3) is 5.56 Å². The Hall–Kier alpha value is -2.88. The Labute approximate surface area is 146 Å². The van der Waals surface area contributed by atoms with Gasteiger partial charge >= 0.3 is 0 Å². The molecule has 3 rings (SSSR count). The second kappa shape index (κ2) is 6.93. The lowest BCUT2D eigenvalue weighted by Gasteiger charge is -2.10. The number of aryl methyl sites for hydroxylation is 4. The van der Waals surface area contributed by atoms with Crippen LogP contribution in [0.15, 0.2) is 47.3 Å². The number of anilines is 1. The Balaban J connectivity index is 1.69. The summed E-state index contributed by atoms with van der Waals surface area (Å²) in [6.07, 6.45) is 1.08. The number of hydrogen-bond donors (Lipinski definition) is 2. The van der Waals surface area contributed by atoms with Crippen LogP contribution >= 0.6 is 0 Å². The van der Waals surface area contributed by atoms with Gasteiger partial charge < -0.3 is 10.3 Å². The van der Waals surface area contributed by atoms with Crippen LogP contribution in [0.2, 0.25) is 0 Å². The summed E-state index contributed by atoms with van der Waals surface area (Å²) in [4.78, 5) is 26.8. The zero-order valence-corrected chi connectivity index (χ0v) is 14.8. The van der Waals surface area contributed by atoms with Crippen molar-refractivity contribution in [3.63, 3.8) is 0 Å². The van der Waals surface area contributed by atoms with Gasteiger partial charge in [0.1, 0.15) is 0 Å². The molecule has 0 atom stereocenters. The van der Waals surface area contributed by atoms with Crippen LogP contribution in [0, 0.1) is 20.8 Å². The highest BCUT2D eigenvalue weighted by Crippen LogP contribution is 2.18. The molecular formula is C21H22N2O2. The monoisotopic (exact) mass is 334 g/mol. The van der Waals surface area contributed by atoms with Crippen molar-refractivity contribution in [2.45, 2.75) is 33.6 Å². The third-order valence-corrected chi connectivity index (χ3v) is 4.40. The minimum absolute atomic E-state index is 0.00597. The van der Waals surface area contributed by atoms with E-state index in [9.17, 15) is 9.59 Å². The molecule has 0 aliphatic rings. The smallest absolute Gasteiger partial charge is 0.251 e. The number of amides is 1. The number of carbonyl (C=O) groups excluding carboxylic acids is 1. The molecular weight excluding hydrogens is 312 g/mol. The number of aromatic amines is 1. The van der Waals surface area contributed by atoms with Crippen molar-refractivity contribution < 1.29 is 4.79 Å². The Morgan fingerprint density at radius 3 is 2.60 bits per heavy atom. The number of nitrogens with one attached hydrogen (secondary N) is 2. The fourth-order valence-electron chi connectivity index (χ4n) is 2.86. The highest BCUT2D eigenvalue weighted by atomic mass is 16.1. The van der Waals surface area contributed by atoms with Crippen molar-refractivity contribution >= 4 is 22.5 Å². The van der Waals surface area contributed by atoms with E-state index in [1.807, 2.05) is 56.3 Å². The molecule has 4 nitrogen and oxygen atoms in total. The molecule has 1 heterocycles. The van der Waals surface area contributed by atoms with Gasteiger partial charge in [-0.2, -0.15) is 0 Å². The van der Waals surface area contributed by atoms with E-state index in [1.165, 1.54) is 0 Å². The molecule has 0 saturated carbocycles. The maximum Gasteiger partial charge on any atom is 0.251 e. The SMILES string of the molecule is Cc1ccc(C)c(NC(=O)CCc2ccc3[nH]c(=O)c(C)cc3c2)c1. The molecule has 1 aromatic heterocycles. The molecule has 4 heteroatoms. The van der Waals surface area contributed by atoms with Gasteiger partial charge in [-0.1, -0.05) is 18.2 Å². The highest BCUT2D eigenvalue weighted by Gasteiger charge is 2.07. The quantitative estimate of drug-likeness (QED) is 0.757. The summed E-state index contributed by atoms with van der Waals surface area (Å²) in [5.41, 5.74) is 5.58. The van der Waals surface area contributed by atoms with Gasteiger partial charge in [-0.25, -0.2) is 0 Å². The van der Waals surface area contributed by atoms with Crippen molar-refractivity contribution in [1.82, 2.24) is 4.98 Å². The summed E-state index contributed by atoms with van der Waals surface area (Å²) in [5.74, 6) is 0.00597. The molecule has 0 saturated heterocycles. The summed E-state index contributed by atoms with van der Waals surface area (Å²) >= 11 is 0. The zero-order valence-electron chi connectivity index (χ0n) is 14.8. The number of carbonyl (C=O) groups is 1. The van der Waals surface area contributed by atoms with E-state index in [-0.39, 0.29) is 11.5 Å². The predicted octanol–water partition coefficient (Wildman–Crippen LogP) is 4.02. The van der Waals surface area contributed by atoms with Crippen LogP contribution in [0.25, 0.3) is 10.9 Å². The summed E-state index contributed by atoms with van der Waals surface area (Å²) in [6, 6.07) is 13.8. The molecule has 0 aliphatic heterocycles. The maximum absolute atomic E-state index is 12.3. The summed E-state index contributed by atoms with van der Waals surface area (Å²) < 4.78 is 0. The van der Waals surface area contributed by atoms with Crippen LogP contribution in [0.5, 0.6) is 0 Å². The van der Waals surface area contributed by atoms with Crippen molar-refractivity contribution in [1.29, 1.82) is 0 Å². The van der Waals surface area contributed by atoms with Gasteiger partial charge in [-0.3, -0.25) is 9.59 Å². The van der Waals surface area contributed by atoms with Crippen LogP contribution < -0.4 is 10.9 Å². The molecule has 0 bridgehead atoms. The van der Waals surface area contributed by atoms with Crippen molar-refractivity contribution in [2.75, 3.05) is 5.32 Å². The molecule has 1 amide bonds. The van der Waals surface area contributed by atoms with E-state index < -0.39 is 0 Å². The van der Waals surface area contributed by atoms with Crippen LogP contribution in [-0.4, -0.2) is 10.9 Å². The van der Waals surface area contributed by atoms with Crippen LogP contribution in [0.4, 0.5) is 5.69 Å². The van der Waals surface area contributed by atoms with E-state index in [4.69, 9.17) is 0 Å². The lowest BCUT2D eigenvalue weighted by atomic mass is 10.1. The van der Waals surface area contributed by atoms with Crippen LogP contribution in [0.1, 0.15) is 28.7 Å². The summed E-state index contributed by atoms with van der Waals surface area (Å²) in [5, 5.41) is 3.98. The molecule has 3 aromatic rings. The molecule has 0 fully saturated rings. The van der Waals surface area contributed by atoms with Crippen LogP contribution in [0.3, 0.4) is 0 Å². The van der Waals surface area contributed by atoms with E-state index >= 15 is 0 Å². The van der Waals surface area contributed by atoms with Gasteiger partial charge in [0.2, 0.25) is 5.91 Å². The van der Waals surface area contributed by atoms with E-state index in [0.717, 1.165) is 33.3 Å². The first-order valence-corrected chi connectivity index (χ1v) is 8.42. The fraction of sp³-hybridized carbons (Fsp3) is 0.238. The average molecular weight is 334 g/mol. The molecule has 2 aromatic carbocycles. The highest BCUT2D eigenvalue weighted by molar-refractivity contribution is 5.91. The molecule has 0 radical (unpaired) electrons. The van der Waals surface area contributed by atoms with Gasteiger partial charge in [-0.15, -0.1) is 0 Å². The molecule has 2 N–H and O–H groups in total. The zero-order chi connectivity index (χ0) is 18.0. The van der Waals surface area contributed by atoms with Crippen molar-refractivity contribution in [3.8, 4) is 0 Å². The van der Waals surface area contributed by atoms with E-state index in [2.05, 4.69) is 10.3 Å². The first-order chi connectivity index (χ1) is 11.9. The lowest BCUT2D eigenvalue weighted by molar-refractivity contribution is -0.116. The fourth-order valence-corrected chi connectivity index (χ4v) is 2.86. The second-order valence-electron chi connectivity index (χ2n) is 6.57. The Kier molecular flexibility index (Phi) is 4.70. The van der Waals surface area contributed by atoms with E-state index in [1.54, 1.807) is 6.92 Å². The van der Waals surface area contributed by atoms with E-state index in [0.29, 0.717) is 18.4 Å². The number of benzene rings is 2. The Bertz CT molecular complexity index is 1000. The van der Waals surface area contributed by atoms with Gasteiger partial charge in [-0.05, 0) is 73.5 Å². The van der Waals surface area contributed by atoms with Gasteiger partial charge in [0.05, 0.1) is 0 Å². The number of fused-ring (bicyclic) bond motifs is 1. The molecule has 0 unspecified atom stereocenters. The normalized spacial score (nSPS) is 10.8. The average Bonchev–Trinajstić information content (AvgIpc) is 2.57. The number of H-pyrrole nitrogens is 1. The summed E-state index contributed by atoms with van der Waals surface area (Å²) in [6.45, 7) is 5.79. The second-order valence-corrected chi connectivity index (χ2v) is 6.57. The third-order valence-electron chi connectivity index (χ3n) is 4.40. The first kappa shape index (κ1) is 17.0. The lowest BCUT2D eigenvalue weighted by Crippen LogP contribution is -2.13. The number of hydrogen-bond acceptors (Lipinski definition) is 2. The Morgan fingerprint density at radius 1 is 1.00 bits per heavy atom. The van der Waals surface area contributed by atoms with Gasteiger partial charge in [0, 0.05) is 23.2 Å². The minimum atomic E-state index is -0.0619. The largest absolute Gasteiger partial charge is 0.326 e. The molecule has 0 aliphatic carbocycles. The van der Waals surface area contributed by atoms with Crippen molar-refractivity contribution in [3.05, 3.63) is 75.1 Å². The Morgan fingerprint density at radius 2 is 1.80 bits per heavy atom. The number of aromatic nitrogens is 1. The maximum atomic E-state index is 12.3. The van der Waals surface area contributed by atoms with Gasteiger partial charge in [0.15, 0.2) is 0 Å². The van der Waals surface area contributed by atoms with Crippen molar-refractivity contribution in [2.24, 2.45) is 0 Å². The van der Waals surface area contributed by atoms with Crippen LogP contribution in [-0.2, 0) is 11.2 Å². The molecule has 0 spiro atoms. The predicted molar refractivity (Wildman–Crippen MR) is 102 cm³/mol. The first-order valence-electron chi connectivity index (χ1n) is 8.42. The molecule has 128 valence electrons. The standard InChI is InChI=1S/C21H22N2O2/c1-13-4-5-14(2)19(10-13)22-20(24)9-7-16-6-8-18-17(12-16)11-15(3)21(25)23-18/h4-6,8,10-12H,7,9H2,1-3H3,(H,22,24)(H,23,25).